The van der Waals surface area contributed by atoms with Gasteiger partial charge in [0, 0.05) is 4.47 Å². The summed E-state index contributed by atoms with van der Waals surface area (Å²) in [5.41, 5.74) is 8.60. The number of rotatable bonds is 4. The van der Waals surface area contributed by atoms with Crippen LogP contribution in [0.15, 0.2) is 46.4 Å². The van der Waals surface area contributed by atoms with Crippen LogP contribution in [0.3, 0.4) is 0 Å². The van der Waals surface area contributed by atoms with Crippen molar-refractivity contribution in [3.05, 3.63) is 63.1 Å². The maximum absolute atomic E-state index is 3.68. The first-order valence-electron chi connectivity index (χ1n) is 7.77. The summed E-state index contributed by atoms with van der Waals surface area (Å²) >= 11 is 3.68. The molecular formula is C20H21Br. The minimum atomic E-state index is 1.08. The van der Waals surface area contributed by atoms with Crippen molar-refractivity contribution in [1.29, 1.82) is 0 Å². The normalized spacial score (nSPS) is 13.2. The molecule has 0 fully saturated rings. The van der Waals surface area contributed by atoms with E-state index in [1.54, 1.807) is 0 Å². The van der Waals surface area contributed by atoms with E-state index in [0.29, 0.717) is 0 Å². The monoisotopic (exact) mass is 340 g/mol. The lowest BCUT2D eigenvalue weighted by Gasteiger charge is -2.14. The van der Waals surface area contributed by atoms with Gasteiger partial charge in [0.15, 0.2) is 0 Å². The van der Waals surface area contributed by atoms with Crippen LogP contribution >= 0.6 is 15.9 Å². The Morgan fingerprint density at radius 2 is 1.90 bits per heavy atom. The van der Waals surface area contributed by atoms with Crippen molar-refractivity contribution >= 4 is 22.0 Å². The third-order valence-electron chi connectivity index (χ3n) is 4.21. The third kappa shape index (κ3) is 2.98. The van der Waals surface area contributed by atoms with Crippen molar-refractivity contribution in [3.8, 4) is 11.1 Å². The number of halogens is 1. The van der Waals surface area contributed by atoms with E-state index in [0.717, 1.165) is 6.42 Å². The minimum Gasteiger partial charge on any atom is -0.0683 e. The van der Waals surface area contributed by atoms with E-state index in [1.807, 2.05) is 0 Å². The molecule has 21 heavy (non-hydrogen) atoms. The van der Waals surface area contributed by atoms with Crippen molar-refractivity contribution in [2.45, 2.75) is 39.5 Å². The zero-order valence-electron chi connectivity index (χ0n) is 12.7. The molecule has 0 aromatic heterocycles. The molecule has 0 spiro atoms. The fourth-order valence-corrected chi connectivity index (χ4v) is 3.66. The zero-order chi connectivity index (χ0) is 14.8. The Bertz CT molecular complexity index is 695. The number of fused-ring (bicyclic) bond motifs is 1. The summed E-state index contributed by atoms with van der Waals surface area (Å²) in [6.45, 7) is 4.48. The Labute approximate surface area is 136 Å². The number of aryl methyl sites for hydroxylation is 1. The van der Waals surface area contributed by atoms with Crippen molar-refractivity contribution in [2.75, 3.05) is 0 Å². The molecule has 2 aromatic rings. The minimum absolute atomic E-state index is 1.08. The summed E-state index contributed by atoms with van der Waals surface area (Å²) in [6.07, 6.45) is 7.06. The lowest BCUT2D eigenvalue weighted by Crippen LogP contribution is -1.95. The van der Waals surface area contributed by atoms with E-state index in [-0.39, 0.29) is 0 Å². The van der Waals surface area contributed by atoms with E-state index in [4.69, 9.17) is 0 Å². The van der Waals surface area contributed by atoms with Crippen LogP contribution in [0.2, 0.25) is 0 Å². The van der Waals surface area contributed by atoms with Gasteiger partial charge in [-0.15, -0.1) is 0 Å². The quantitative estimate of drug-likeness (QED) is 0.602. The zero-order valence-corrected chi connectivity index (χ0v) is 14.3. The fourth-order valence-electron chi connectivity index (χ4n) is 3.19. The first kappa shape index (κ1) is 14.6. The molecule has 0 atom stereocenters. The number of hydrogen-bond acceptors (Lipinski definition) is 0. The molecular weight excluding hydrogens is 320 g/mol. The van der Waals surface area contributed by atoms with Crippen LogP contribution in [0.1, 0.15) is 43.4 Å². The number of benzene rings is 2. The van der Waals surface area contributed by atoms with Gasteiger partial charge >= 0.3 is 0 Å². The summed E-state index contributed by atoms with van der Waals surface area (Å²) < 4.78 is 1.17. The van der Waals surface area contributed by atoms with Crippen LogP contribution in [0.5, 0.6) is 0 Å². The van der Waals surface area contributed by atoms with Gasteiger partial charge in [-0.25, -0.2) is 0 Å². The van der Waals surface area contributed by atoms with Crippen molar-refractivity contribution in [2.24, 2.45) is 0 Å². The molecule has 0 aliphatic heterocycles. The molecule has 0 bridgehead atoms. The highest BCUT2D eigenvalue weighted by atomic mass is 79.9. The number of hydrogen-bond donors (Lipinski definition) is 0. The summed E-state index contributed by atoms with van der Waals surface area (Å²) in [7, 11) is 0. The van der Waals surface area contributed by atoms with Gasteiger partial charge in [-0.1, -0.05) is 65.2 Å². The molecule has 1 heteroatoms. The molecule has 2 aromatic carbocycles. The molecule has 0 heterocycles. The first-order valence-corrected chi connectivity index (χ1v) is 8.56. The SMILES string of the molecule is CCCCc1ccccc1-c1cc(Br)cc2c1CC(C)=C2. The van der Waals surface area contributed by atoms with E-state index in [1.165, 1.54) is 57.1 Å². The van der Waals surface area contributed by atoms with Crippen molar-refractivity contribution in [1.82, 2.24) is 0 Å². The van der Waals surface area contributed by atoms with Gasteiger partial charge in [0.1, 0.15) is 0 Å². The molecule has 0 unspecified atom stereocenters. The molecule has 0 amide bonds. The van der Waals surface area contributed by atoms with Crippen LogP contribution in [-0.2, 0) is 12.8 Å². The summed E-state index contributed by atoms with van der Waals surface area (Å²) in [6, 6.07) is 13.4. The summed E-state index contributed by atoms with van der Waals surface area (Å²) in [5, 5.41) is 0. The maximum Gasteiger partial charge on any atom is 0.0187 e. The topological polar surface area (TPSA) is 0 Å². The Hall–Kier alpha value is -1.34. The van der Waals surface area contributed by atoms with E-state index in [9.17, 15) is 0 Å². The van der Waals surface area contributed by atoms with Gasteiger partial charge in [0.2, 0.25) is 0 Å². The van der Waals surface area contributed by atoms with Crippen molar-refractivity contribution in [3.63, 3.8) is 0 Å². The van der Waals surface area contributed by atoms with Crippen LogP contribution < -0.4 is 0 Å². The molecule has 0 saturated carbocycles. The Morgan fingerprint density at radius 3 is 2.71 bits per heavy atom. The van der Waals surface area contributed by atoms with E-state index in [2.05, 4.69) is 72.3 Å². The second-order valence-electron chi connectivity index (χ2n) is 5.95. The molecule has 3 rings (SSSR count). The molecule has 0 nitrogen and oxygen atoms in total. The smallest absolute Gasteiger partial charge is 0.0187 e. The summed E-state index contributed by atoms with van der Waals surface area (Å²) in [5.74, 6) is 0. The van der Waals surface area contributed by atoms with Crippen LogP contribution in [0.25, 0.3) is 17.2 Å². The van der Waals surface area contributed by atoms with E-state index < -0.39 is 0 Å². The first-order chi connectivity index (χ1) is 10.2. The van der Waals surface area contributed by atoms with Gasteiger partial charge in [-0.2, -0.15) is 0 Å². The lowest BCUT2D eigenvalue weighted by atomic mass is 9.91. The second kappa shape index (κ2) is 6.19. The molecule has 108 valence electrons. The Kier molecular flexibility index (Phi) is 4.30. The molecule has 0 saturated heterocycles. The largest absolute Gasteiger partial charge is 0.0683 e. The average molecular weight is 341 g/mol. The summed E-state index contributed by atoms with van der Waals surface area (Å²) in [4.78, 5) is 0. The Morgan fingerprint density at radius 1 is 1.10 bits per heavy atom. The molecule has 1 aliphatic carbocycles. The predicted octanol–water partition coefficient (Wildman–Crippen LogP) is 6.42. The molecule has 0 N–H and O–H groups in total. The van der Waals surface area contributed by atoms with Gasteiger partial charge in [-0.05, 0) is 66.1 Å². The van der Waals surface area contributed by atoms with Gasteiger partial charge in [0.05, 0.1) is 0 Å². The maximum atomic E-state index is 3.68. The highest BCUT2D eigenvalue weighted by molar-refractivity contribution is 9.10. The lowest BCUT2D eigenvalue weighted by molar-refractivity contribution is 0.796. The molecule has 0 radical (unpaired) electrons. The highest BCUT2D eigenvalue weighted by Gasteiger charge is 2.17. The van der Waals surface area contributed by atoms with Crippen LogP contribution in [0, 0.1) is 0 Å². The van der Waals surface area contributed by atoms with Crippen LogP contribution in [-0.4, -0.2) is 0 Å². The fraction of sp³-hybridized carbons (Fsp3) is 0.300. The van der Waals surface area contributed by atoms with Gasteiger partial charge in [0.25, 0.3) is 0 Å². The number of allylic oxidation sites excluding steroid dienone is 1. The number of unbranched alkanes of at least 4 members (excludes halogenated alkanes) is 1. The van der Waals surface area contributed by atoms with E-state index >= 15 is 0 Å². The Balaban J connectivity index is 2.11. The van der Waals surface area contributed by atoms with Crippen molar-refractivity contribution < 1.29 is 0 Å². The standard InChI is InChI=1S/C20H21Br/c1-3-4-7-15-8-5-6-9-18(15)20-13-17(21)12-16-10-14(2)11-19(16)20/h5-6,8-10,12-13H,3-4,7,11H2,1-2H3. The van der Waals surface area contributed by atoms with Gasteiger partial charge in [-0.3, -0.25) is 0 Å². The van der Waals surface area contributed by atoms with Crippen LogP contribution in [0.4, 0.5) is 0 Å². The highest BCUT2D eigenvalue weighted by Crippen LogP contribution is 2.38. The molecule has 1 aliphatic rings. The third-order valence-corrected chi connectivity index (χ3v) is 4.67. The second-order valence-corrected chi connectivity index (χ2v) is 6.86. The average Bonchev–Trinajstić information content (AvgIpc) is 2.84. The predicted molar refractivity (Wildman–Crippen MR) is 95.5 cm³/mol. The van der Waals surface area contributed by atoms with Gasteiger partial charge < -0.3 is 0 Å².